The Balaban J connectivity index is 2.02. The van der Waals surface area contributed by atoms with E-state index in [0.717, 1.165) is 38.7 Å². The number of hydrogen-bond donors (Lipinski definition) is 0. The maximum Gasteiger partial charge on any atom is 0.200 e. The third-order valence-electron chi connectivity index (χ3n) is 2.67. The van der Waals surface area contributed by atoms with Crippen molar-refractivity contribution < 1.29 is 13.9 Å². The fraction of sp³-hybridized carbons (Fsp3) is 0.846. The largest absolute Gasteiger partial charge is 0.461 e. The van der Waals surface area contributed by atoms with Crippen molar-refractivity contribution in [1.29, 1.82) is 0 Å². The molecule has 0 aromatic rings. The highest BCUT2D eigenvalue weighted by Crippen LogP contribution is 2.14. The number of hydrogen-bond acceptors (Lipinski definition) is 2. The second kappa shape index (κ2) is 8.57. The third kappa shape index (κ3) is 6.11. The van der Waals surface area contributed by atoms with Crippen LogP contribution in [0.1, 0.15) is 51.9 Å². The molecular weight excluding hydrogens is 207 g/mol. The van der Waals surface area contributed by atoms with E-state index in [9.17, 15) is 4.39 Å². The molecule has 2 unspecified atom stereocenters. The van der Waals surface area contributed by atoms with Gasteiger partial charge >= 0.3 is 0 Å². The van der Waals surface area contributed by atoms with E-state index in [4.69, 9.17) is 9.47 Å². The van der Waals surface area contributed by atoms with Gasteiger partial charge in [0.2, 0.25) is 0 Å². The molecule has 1 saturated heterocycles. The van der Waals surface area contributed by atoms with Gasteiger partial charge in [-0.15, -0.1) is 0 Å². The predicted molar refractivity (Wildman–Crippen MR) is 61.5 cm³/mol. The Morgan fingerprint density at radius 3 is 3.12 bits per heavy atom. The van der Waals surface area contributed by atoms with E-state index in [1.807, 2.05) is 0 Å². The molecule has 1 heterocycles. The fourth-order valence-electron chi connectivity index (χ4n) is 1.65. The Hall–Kier alpha value is -0.570. The maximum atomic E-state index is 13.2. The Bertz CT molecular complexity index is 188. The van der Waals surface area contributed by atoms with Gasteiger partial charge in [0.15, 0.2) is 12.6 Å². The first-order valence-corrected chi connectivity index (χ1v) is 6.31. The molecule has 16 heavy (non-hydrogen) atoms. The lowest BCUT2D eigenvalue weighted by atomic mass is 10.1. The monoisotopic (exact) mass is 229 g/mol. The molecule has 1 aliphatic heterocycles. The molecule has 0 aliphatic carbocycles. The molecule has 1 aliphatic rings. The van der Waals surface area contributed by atoms with Crippen molar-refractivity contribution in [3.63, 3.8) is 0 Å². The Morgan fingerprint density at radius 2 is 2.44 bits per heavy atom. The van der Waals surface area contributed by atoms with E-state index in [0.29, 0.717) is 12.8 Å². The molecule has 0 bridgehead atoms. The maximum absolute atomic E-state index is 13.2. The summed E-state index contributed by atoms with van der Waals surface area (Å²) in [6, 6.07) is 0. The van der Waals surface area contributed by atoms with Gasteiger partial charge in [0.05, 0.1) is 6.61 Å². The Kier molecular flexibility index (Phi) is 7.23. The van der Waals surface area contributed by atoms with E-state index in [2.05, 4.69) is 13.2 Å². The second-order valence-corrected chi connectivity index (χ2v) is 4.21. The first-order valence-electron chi connectivity index (χ1n) is 6.31. The average Bonchev–Trinajstić information content (AvgIpc) is 2.33. The lowest BCUT2D eigenvalue weighted by Crippen LogP contribution is -2.20. The molecule has 1 radical (unpaired) electrons. The molecule has 0 aromatic carbocycles. The van der Waals surface area contributed by atoms with Gasteiger partial charge in [-0.05, 0) is 25.3 Å². The van der Waals surface area contributed by atoms with Crippen molar-refractivity contribution in [1.82, 2.24) is 0 Å². The van der Waals surface area contributed by atoms with Crippen molar-refractivity contribution in [2.75, 3.05) is 6.61 Å². The number of unbranched alkanes of at least 4 members (excludes halogenated alkanes) is 1. The van der Waals surface area contributed by atoms with Gasteiger partial charge in [-0.3, -0.25) is 0 Å². The summed E-state index contributed by atoms with van der Waals surface area (Å²) in [7, 11) is 0. The summed E-state index contributed by atoms with van der Waals surface area (Å²) in [6.07, 6.45) is 9.55. The van der Waals surface area contributed by atoms with Crippen LogP contribution in [-0.2, 0) is 9.47 Å². The number of alkyl halides is 1. The van der Waals surface area contributed by atoms with E-state index in [1.165, 1.54) is 0 Å². The zero-order valence-electron chi connectivity index (χ0n) is 10.1. The first kappa shape index (κ1) is 13.5. The molecule has 1 rings (SSSR count). The molecular formula is C13H22FO2. The summed E-state index contributed by atoms with van der Waals surface area (Å²) in [6.45, 7) is 2.83. The number of allylic oxidation sites excluding steroid dienone is 1. The summed E-state index contributed by atoms with van der Waals surface area (Å²) >= 11 is 0. The zero-order valence-corrected chi connectivity index (χ0v) is 10.1. The van der Waals surface area contributed by atoms with Gasteiger partial charge in [0, 0.05) is 12.8 Å². The molecule has 2 nitrogen and oxygen atoms in total. The van der Waals surface area contributed by atoms with E-state index >= 15 is 0 Å². The van der Waals surface area contributed by atoms with Crippen LogP contribution in [0.15, 0.2) is 6.08 Å². The minimum Gasteiger partial charge on any atom is -0.461 e. The van der Waals surface area contributed by atoms with Gasteiger partial charge in [-0.1, -0.05) is 19.8 Å². The molecule has 2 atom stereocenters. The molecule has 93 valence electrons. The van der Waals surface area contributed by atoms with Gasteiger partial charge in [-0.2, -0.15) is 0 Å². The SMILES string of the molecule is CCCCC(F)C/C=[C]/OC1CCCCO1. The highest BCUT2D eigenvalue weighted by atomic mass is 19.1. The highest BCUT2D eigenvalue weighted by molar-refractivity contribution is 4.73. The summed E-state index contributed by atoms with van der Waals surface area (Å²) < 4.78 is 23.8. The molecule has 1 fully saturated rings. The van der Waals surface area contributed by atoms with Crippen LogP contribution in [0.2, 0.25) is 0 Å². The van der Waals surface area contributed by atoms with Crippen LogP contribution in [0.5, 0.6) is 0 Å². The third-order valence-corrected chi connectivity index (χ3v) is 2.67. The van der Waals surface area contributed by atoms with E-state index < -0.39 is 6.17 Å². The Morgan fingerprint density at radius 1 is 1.56 bits per heavy atom. The summed E-state index contributed by atoms with van der Waals surface area (Å²) in [4.78, 5) is 0. The van der Waals surface area contributed by atoms with Crippen molar-refractivity contribution in [2.45, 2.75) is 64.3 Å². The quantitative estimate of drug-likeness (QED) is 0.619. The summed E-state index contributed by atoms with van der Waals surface area (Å²) in [5.41, 5.74) is 0. The molecule has 0 amide bonds. The van der Waals surface area contributed by atoms with Crippen LogP contribution >= 0.6 is 0 Å². The van der Waals surface area contributed by atoms with Crippen LogP contribution < -0.4 is 0 Å². The molecule has 0 saturated carbocycles. The number of ether oxygens (including phenoxy) is 2. The summed E-state index contributed by atoms with van der Waals surface area (Å²) in [5, 5.41) is 0. The lowest BCUT2D eigenvalue weighted by molar-refractivity contribution is -0.135. The minimum absolute atomic E-state index is 0.168. The fourth-order valence-corrected chi connectivity index (χ4v) is 1.65. The lowest BCUT2D eigenvalue weighted by Gasteiger charge is -2.20. The highest BCUT2D eigenvalue weighted by Gasteiger charge is 2.13. The number of rotatable bonds is 7. The van der Waals surface area contributed by atoms with Crippen molar-refractivity contribution in [3.8, 4) is 0 Å². The minimum atomic E-state index is -0.761. The van der Waals surface area contributed by atoms with Crippen LogP contribution in [0.4, 0.5) is 4.39 Å². The molecule has 0 aromatic heterocycles. The van der Waals surface area contributed by atoms with Crippen LogP contribution in [-0.4, -0.2) is 19.1 Å². The predicted octanol–water partition coefficient (Wildman–Crippen LogP) is 3.76. The van der Waals surface area contributed by atoms with Crippen molar-refractivity contribution >= 4 is 0 Å². The van der Waals surface area contributed by atoms with Gasteiger partial charge in [-0.25, -0.2) is 4.39 Å². The average molecular weight is 229 g/mol. The molecule has 3 heteroatoms. The van der Waals surface area contributed by atoms with Gasteiger partial charge < -0.3 is 9.47 Å². The van der Waals surface area contributed by atoms with Gasteiger partial charge in [0.25, 0.3) is 0 Å². The topological polar surface area (TPSA) is 18.5 Å². The molecule has 0 spiro atoms. The summed E-state index contributed by atoms with van der Waals surface area (Å²) in [5.74, 6) is 0. The number of halogens is 1. The van der Waals surface area contributed by atoms with Crippen LogP contribution in [0.3, 0.4) is 0 Å². The second-order valence-electron chi connectivity index (χ2n) is 4.21. The van der Waals surface area contributed by atoms with E-state index in [1.54, 1.807) is 6.08 Å². The van der Waals surface area contributed by atoms with Crippen LogP contribution in [0.25, 0.3) is 0 Å². The van der Waals surface area contributed by atoms with Crippen LogP contribution in [0, 0.1) is 6.26 Å². The zero-order chi connectivity index (χ0) is 11.6. The molecule has 0 N–H and O–H groups in total. The van der Waals surface area contributed by atoms with E-state index in [-0.39, 0.29) is 6.29 Å². The smallest absolute Gasteiger partial charge is 0.200 e. The van der Waals surface area contributed by atoms with Gasteiger partial charge in [0.1, 0.15) is 6.17 Å². The van der Waals surface area contributed by atoms with Crippen molar-refractivity contribution in [3.05, 3.63) is 12.3 Å². The first-order chi connectivity index (χ1) is 7.83. The van der Waals surface area contributed by atoms with Crippen molar-refractivity contribution in [2.24, 2.45) is 0 Å². The normalized spacial score (nSPS) is 23.5. The standard InChI is InChI=1S/C13H22FO2/c1-2-3-7-12(14)8-6-11-16-13-9-4-5-10-15-13/h6,12-13H,2-5,7-10H2,1H3. The Labute approximate surface area is 97.8 Å².